The number of halogens is 1. The number of amides is 1. The van der Waals surface area contributed by atoms with Crippen molar-refractivity contribution in [2.24, 2.45) is 0 Å². The molecule has 0 unspecified atom stereocenters. The average Bonchev–Trinajstić information content (AvgIpc) is 2.84. The Kier molecular flexibility index (Phi) is 6.73. The van der Waals surface area contributed by atoms with Gasteiger partial charge in [0.2, 0.25) is 5.69 Å². The number of carbonyl (C=O) groups excluding carboxylic acids is 1. The topological polar surface area (TPSA) is 86.0 Å². The summed E-state index contributed by atoms with van der Waals surface area (Å²) in [6.07, 6.45) is 0. The molecule has 4 rings (SSSR count). The van der Waals surface area contributed by atoms with Crippen LogP contribution in [0.4, 0.5) is 4.39 Å². The van der Waals surface area contributed by atoms with E-state index in [9.17, 15) is 18.8 Å². The number of carbonyl (C=O) groups is 1. The highest BCUT2D eigenvalue weighted by Gasteiger charge is 2.21. The van der Waals surface area contributed by atoms with Gasteiger partial charge in [-0.05, 0) is 72.9 Å². The summed E-state index contributed by atoms with van der Waals surface area (Å²) in [5, 5.41) is 6.81. The summed E-state index contributed by atoms with van der Waals surface area (Å²) in [5.41, 5.74) is 2.94. The third-order valence-corrected chi connectivity index (χ3v) is 5.97. The van der Waals surface area contributed by atoms with Gasteiger partial charge in [-0.2, -0.15) is 9.78 Å². The first-order valence-electron chi connectivity index (χ1n) is 11.1. The number of hydrogen-bond acceptors (Lipinski definition) is 4. The number of benzene rings is 3. The molecule has 0 saturated carbocycles. The van der Waals surface area contributed by atoms with Crippen molar-refractivity contribution in [1.82, 2.24) is 19.7 Å². The number of aromatic nitrogens is 3. The van der Waals surface area contributed by atoms with Crippen LogP contribution in [0, 0.1) is 26.6 Å². The van der Waals surface area contributed by atoms with E-state index >= 15 is 0 Å². The molecule has 0 aliphatic rings. The molecule has 0 bridgehead atoms. The van der Waals surface area contributed by atoms with Crippen LogP contribution in [0.5, 0.6) is 0 Å². The van der Waals surface area contributed by atoms with Crippen molar-refractivity contribution in [1.29, 1.82) is 0 Å². The van der Waals surface area contributed by atoms with E-state index in [2.05, 4.69) is 10.4 Å². The summed E-state index contributed by atoms with van der Waals surface area (Å²) >= 11 is 0. The average molecular weight is 473 g/mol. The highest BCUT2D eigenvalue weighted by atomic mass is 19.1. The fourth-order valence-corrected chi connectivity index (χ4v) is 3.65. The molecule has 1 aromatic heterocycles. The van der Waals surface area contributed by atoms with Gasteiger partial charge in [0.05, 0.1) is 12.2 Å². The molecule has 0 aliphatic carbocycles. The summed E-state index contributed by atoms with van der Waals surface area (Å²) < 4.78 is 15.3. The van der Waals surface area contributed by atoms with E-state index in [1.165, 1.54) is 24.3 Å². The molecule has 0 fully saturated rings. The normalized spacial score (nSPS) is 10.9. The zero-order valence-electron chi connectivity index (χ0n) is 19.7. The monoisotopic (exact) mass is 472 g/mol. The van der Waals surface area contributed by atoms with Crippen LogP contribution in [0.15, 0.2) is 76.3 Å². The van der Waals surface area contributed by atoms with Crippen molar-refractivity contribution < 1.29 is 9.18 Å². The van der Waals surface area contributed by atoms with Crippen LogP contribution in [-0.2, 0) is 13.1 Å². The molecule has 8 heteroatoms. The predicted molar refractivity (Wildman–Crippen MR) is 131 cm³/mol. The third-order valence-electron chi connectivity index (χ3n) is 5.97. The fraction of sp³-hybridized carbons (Fsp3) is 0.185. The number of nitrogens with one attached hydrogen (secondary N) is 1. The lowest BCUT2D eigenvalue weighted by Gasteiger charge is -2.14. The summed E-state index contributed by atoms with van der Waals surface area (Å²) in [7, 11) is 0. The van der Waals surface area contributed by atoms with Gasteiger partial charge in [0.15, 0.2) is 0 Å². The Balaban J connectivity index is 1.80. The second-order valence-electron chi connectivity index (χ2n) is 8.44. The Hall–Kier alpha value is -4.33. The Morgan fingerprint density at radius 2 is 1.63 bits per heavy atom. The van der Waals surface area contributed by atoms with E-state index in [0.29, 0.717) is 11.3 Å². The fourth-order valence-electron chi connectivity index (χ4n) is 3.65. The zero-order valence-corrected chi connectivity index (χ0v) is 19.7. The van der Waals surface area contributed by atoms with Gasteiger partial charge < -0.3 is 5.32 Å². The lowest BCUT2D eigenvalue weighted by Crippen LogP contribution is -2.46. The molecule has 7 nitrogen and oxygen atoms in total. The summed E-state index contributed by atoms with van der Waals surface area (Å²) in [6.45, 7) is 5.81. The predicted octanol–water partition coefficient (Wildman–Crippen LogP) is 3.44. The number of hydrogen-bond donors (Lipinski definition) is 1. The van der Waals surface area contributed by atoms with Crippen LogP contribution < -0.4 is 16.6 Å². The number of aryl methyl sites for hydroxylation is 3. The molecule has 1 amide bonds. The van der Waals surface area contributed by atoms with Crippen molar-refractivity contribution >= 4 is 5.91 Å². The van der Waals surface area contributed by atoms with E-state index in [1.807, 2.05) is 51.1 Å². The standard InChI is InChI=1S/C27H25FN4O3/c1-17-8-13-23(14-19(17)3)32-27(35)31(16-21-7-5-4-6-18(21)2)26(34)24(30-32)25(33)29-15-20-9-11-22(28)12-10-20/h4-14H,15-16H2,1-3H3,(H,29,33). The van der Waals surface area contributed by atoms with E-state index in [4.69, 9.17) is 0 Å². The van der Waals surface area contributed by atoms with E-state index < -0.39 is 22.9 Å². The van der Waals surface area contributed by atoms with Crippen LogP contribution in [0.25, 0.3) is 5.69 Å². The summed E-state index contributed by atoms with van der Waals surface area (Å²) in [6, 6.07) is 18.4. The highest BCUT2D eigenvalue weighted by Crippen LogP contribution is 2.12. The molecule has 0 atom stereocenters. The van der Waals surface area contributed by atoms with Crippen LogP contribution >= 0.6 is 0 Å². The molecular weight excluding hydrogens is 447 g/mol. The third kappa shape index (κ3) is 5.11. The second-order valence-corrected chi connectivity index (χ2v) is 8.44. The van der Waals surface area contributed by atoms with E-state index in [1.54, 1.807) is 12.1 Å². The van der Waals surface area contributed by atoms with Gasteiger partial charge in [-0.25, -0.2) is 9.18 Å². The maximum atomic E-state index is 13.4. The maximum Gasteiger partial charge on any atom is 0.352 e. The number of nitrogens with zero attached hydrogens (tertiary/aromatic N) is 3. The Bertz CT molecular complexity index is 1520. The molecule has 3 aromatic carbocycles. The van der Waals surface area contributed by atoms with Gasteiger partial charge in [0.1, 0.15) is 5.82 Å². The molecule has 0 aliphatic heterocycles. The maximum absolute atomic E-state index is 13.4. The van der Waals surface area contributed by atoms with Crippen LogP contribution in [0.1, 0.15) is 38.3 Å². The number of rotatable bonds is 6. The van der Waals surface area contributed by atoms with E-state index in [0.717, 1.165) is 31.5 Å². The first-order chi connectivity index (χ1) is 16.7. The van der Waals surface area contributed by atoms with Crippen molar-refractivity contribution in [3.63, 3.8) is 0 Å². The van der Waals surface area contributed by atoms with Crippen LogP contribution in [-0.4, -0.2) is 20.3 Å². The minimum Gasteiger partial charge on any atom is -0.346 e. The summed E-state index contributed by atoms with van der Waals surface area (Å²) in [5.74, 6) is -1.11. The molecule has 4 aromatic rings. The van der Waals surface area contributed by atoms with Crippen LogP contribution in [0.3, 0.4) is 0 Å². The molecule has 1 N–H and O–H groups in total. The Labute approximate surface area is 201 Å². The van der Waals surface area contributed by atoms with Crippen molar-refractivity contribution in [2.45, 2.75) is 33.9 Å². The van der Waals surface area contributed by atoms with Gasteiger partial charge in [-0.1, -0.05) is 42.5 Å². The molecular formula is C27H25FN4O3. The molecule has 178 valence electrons. The largest absolute Gasteiger partial charge is 0.352 e. The van der Waals surface area contributed by atoms with Crippen molar-refractivity contribution in [2.75, 3.05) is 0 Å². The molecule has 0 spiro atoms. The van der Waals surface area contributed by atoms with Crippen LogP contribution in [0.2, 0.25) is 0 Å². The summed E-state index contributed by atoms with van der Waals surface area (Å²) in [4.78, 5) is 39.7. The second kappa shape index (κ2) is 9.89. The smallest absolute Gasteiger partial charge is 0.346 e. The lowest BCUT2D eigenvalue weighted by molar-refractivity contribution is 0.0941. The minimum atomic E-state index is -0.782. The highest BCUT2D eigenvalue weighted by molar-refractivity contribution is 5.91. The Morgan fingerprint density at radius 1 is 0.914 bits per heavy atom. The van der Waals surface area contributed by atoms with Crippen molar-refractivity contribution in [3.05, 3.63) is 127 Å². The SMILES string of the molecule is Cc1ccc(-n2nc(C(=O)NCc3ccc(F)cc3)c(=O)n(Cc3ccccc3C)c2=O)cc1C. The van der Waals surface area contributed by atoms with Gasteiger partial charge >= 0.3 is 5.69 Å². The molecule has 1 heterocycles. The molecule has 0 saturated heterocycles. The first-order valence-corrected chi connectivity index (χ1v) is 11.1. The quantitative estimate of drug-likeness (QED) is 0.466. The Morgan fingerprint density at radius 3 is 2.31 bits per heavy atom. The van der Waals surface area contributed by atoms with Gasteiger partial charge in [0.25, 0.3) is 11.5 Å². The zero-order chi connectivity index (χ0) is 25.1. The lowest BCUT2D eigenvalue weighted by atomic mass is 10.1. The minimum absolute atomic E-state index is 0.00402. The first kappa shape index (κ1) is 23.8. The van der Waals surface area contributed by atoms with Gasteiger partial charge in [-0.3, -0.25) is 14.2 Å². The van der Waals surface area contributed by atoms with Gasteiger partial charge in [0, 0.05) is 6.54 Å². The van der Waals surface area contributed by atoms with Gasteiger partial charge in [-0.15, -0.1) is 0 Å². The van der Waals surface area contributed by atoms with Crippen molar-refractivity contribution in [3.8, 4) is 5.69 Å². The molecule has 35 heavy (non-hydrogen) atoms. The molecule has 0 radical (unpaired) electrons. The van der Waals surface area contributed by atoms with E-state index in [-0.39, 0.29) is 18.9 Å².